The number of nitrogens with zero attached hydrogens (tertiary/aromatic N) is 1. The van der Waals surface area contributed by atoms with Crippen molar-refractivity contribution in [2.24, 2.45) is 0 Å². The molecule has 1 saturated heterocycles. The molecule has 0 bridgehead atoms. The van der Waals surface area contributed by atoms with Crippen LogP contribution in [-0.4, -0.2) is 24.2 Å². The van der Waals surface area contributed by atoms with Crippen molar-refractivity contribution in [3.05, 3.63) is 29.3 Å². The van der Waals surface area contributed by atoms with Crippen LogP contribution in [0.3, 0.4) is 0 Å². The maximum atomic E-state index is 10.7. The van der Waals surface area contributed by atoms with Gasteiger partial charge in [0.2, 0.25) is 0 Å². The van der Waals surface area contributed by atoms with E-state index in [4.69, 9.17) is 5.11 Å². The van der Waals surface area contributed by atoms with Crippen molar-refractivity contribution in [3.8, 4) is 0 Å². The molecule has 1 heterocycles. The lowest BCUT2D eigenvalue weighted by atomic mass is 10.0. The van der Waals surface area contributed by atoms with Crippen molar-refractivity contribution in [2.75, 3.05) is 18.0 Å². The van der Waals surface area contributed by atoms with Crippen LogP contribution in [0.5, 0.6) is 0 Å². The number of aliphatic carboxylic acids is 1. The lowest BCUT2D eigenvalue weighted by molar-refractivity contribution is -0.136. The minimum Gasteiger partial charge on any atom is -0.481 e. The number of hydrogen-bond acceptors (Lipinski definition) is 2. The highest BCUT2D eigenvalue weighted by Gasteiger charge is 2.13. The maximum Gasteiger partial charge on any atom is 0.307 e. The van der Waals surface area contributed by atoms with Gasteiger partial charge in [-0.25, -0.2) is 0 Å². The third-order valence-electron chi connectivity index (χ3n) is 3.14. The molecule has 0 amide bonds. The van der Waals surface area contributed by atoms with Gasteiger partial charge in [0.05, 0.1) is 6.42 Å². The van der Waals surface area contributed by atoms with E-state index in [2.05, 4.69) is 11.0 Å². The monoisotopic (exact) mass is 219 g/mol. The number of carbonyl (C=O) groups is 1. The summed E-state index contributed by atoms with van der Waals surface area (Å²) < 4.78 is 0. The van der Waals surface area contributed by atoms with E-state index in [1.165, 1.54) is 18.5 Å². The number of anilines is 1. The van der Waals surface area contributed by atoms with Gasteiger partial charge < -0.3 is 10.0 Å². The molecular formula is C13H17NO2. The van der Waals surface area contributed by atoms with E-state index >= 15 is 0 Å². The van der Waals surface area contributed by atoms with Crippen LogP contribution in [0.1, 0.15) is 24.0 Å². The third kappa shape index (κ3) is 2.35. The van der Waals surface area contributed by atoms with Gasteiger partial charge >= 0.3 is 5.97 Å². The molecule has 1 aromatic carbocycles. The molecule has 3 nitrogen and oxygen atoms in total. The van der Waals surface area contributed by atoms with Gasteiger partial charge in [-0.05, 0) is 43.0 Å². The van der Waals surface area contributed by atoms with E-state index in [1.807, 2.05) is 19.1 Å². The highest BCUT2D eigenvalue weighted by Crippen LogP contribution is 2.23. The quantitative estimate of drug-likeness (QED) is 0.847. The van der Waals surface area contributed by atoms with Gasteiger partial charge in [0.25, 0.3) is 0 Å². The second-order valence-electron chi connectivity index (χ2n) is 4.38. The predicted molar refractivity (Wildman–Crippen MR) is 64.0 cm³/mol. The molecule has 1 N–H and O–H groups in total. The number of hydrogen-bond donors (Lipinski definition) is 1. The van der Waals surface area contributed by atoms with E-state index < -0.39 is 5.97 Å². The van der Waals surface area contributed by atoms with Gasteiger partial charge in [-0.2, -0.15) is 0 Å². The smallest absolute Gasteiger partial charge is 0.307 e. The van der Waals surface area contributed by atoms with E-state index in [-0.39, 0.29) is 6.42 Å². The first-order valence-electron chi connectivity index (χ1n) is 5.73. The topological polar surface area (TPSA) is 40.5 Å². The Morgan fingerprint density at radius 3 is 2.62 bits per heavy atom. The Morgan fingerprint density at radius 2 is 2.06 bits per heavy atom. The second kappa shape index (κ2) is 4.56. The van der Waals surface area contributed by atoms with Crippen molar-refractivity contribution in [1.82, 2.24) is 0 Å². The molecule has 86 valence electrons. The Hall–Kier alpha value is -1.51. The minimum absolute atomic E-state index is 0.117. The predicted octanol–water partition coefficient (Wildman–Crippen LogP) is 2.22. The Balaban J connectivity index is 2.18. The Labute approximate surface area is 95.7 Å². The molecule has 0 aromatic heterocycles. The molecule has 1 aliphatic rings. The van der Waals surface area contributed by atoms with Crippen molar-refractivity contribution in [1.29, 1.82) is 0 Å². The average molecular weight is 219 g/mol. The molecule has 0 saturated carbocycles. The normalized spacial score (nSPS) is 15.4. The van der Waals surface area contributed by atoms with Gasteiger partial charge in [-0.15, -0.1) is 0 Å². The van der Waals surface area contributed by atoms with E-state index in [0.717, 1.165) is 24.2 Å². The second-order valence-corrected chi connectivity index (χ2v) is 4.38. The highest BCUT2D eigenvalue weighted by molar-refractivity contribution is 5.71. The molecular weight excluding hydrogens is 202 g/mol. The van der Waals surface area contributed by atoms with Crippen LogP contribution in [0.4, 0.5) is 5.69 Å². The van der Waals surface area contributed by atoms with Gasteiger partial charge in [0.1, 0.15) is 0 Å². The summed E-state index contributed by atoms with van der Waals surface area (Å²) in [6.07, 6.45) is 2.64. The number of carboxylic acids is 1. The molecule has 1 aliphatic heterocycles. The maximum absolute atomic E-state index is 10.7. The zero-order chi connectivity index (χ0) is 11.5. The fourth-order valence-electron chi connectivity index (χ4n) is 2.21. The minimum atomic E-state index is -0.767. The molecule has 3 heteroatoms. The molecule has 0 atom stereocenters. The fourth-order valence-corrected chi connectivity index (χ4v) is 2.21. The van der Waals surface area contributed by atoms with Crippen LogP contribution < -0.4 is 4.90 Å². The number of benzene rings is 1. The molecule has 0 unspecified atom stereocenters. The van der Waals surface area contributed by atoms with Crippen molar-refractivity contribution in [3.63, 3.8) is 0 Å². The largest absolute Gasteiger partial charge is 0.481 e. The van der Waals surface area contributed by atoms with Gasteiger partial charge in [0.15, 0.2) is 0 Å². The first-order chi connectivity index (χ1) is 7.66. The lowest BCUT2D eigenvalue weighted by Gasteiger charge is -2.18. The van der Waals surface area contributed by atoms with Crippen LogP contribution in [-0.2, 0) is 11.2 Å². The zero-order valence-corrected chi connectivity index (χ0v) is 9.57. The third-order valence-corrected chi connectivity index (χ3v) is 3.14. The van der Waals surface area contributed by atoms with Crippen LogP contribution in [0, 0.1) is 6.92 Å². The van der Waals surface area contributed by atoms with Gasteiger partial charge in [-0.3, -0.25) is 4.79 Å². The van der Waals surface area contributed by atoms with Gasteiger partial charge in [-0.1, -0.05) is 6.07 Å². The summed E-state index contributed by atoms with van der Waals surface area (Å²) in [5, 5.41) is 8.76. The highest BCUT2D eigenvalue weighted by atomic mass is 16.4. The summed E-state index contributed by atoms with van der Waals surface area (Å²) in [5.41, 5.74) is 3.21. The summed E-state index contributed by atoms with van der Waals surface area (Å²) in [6.45, 7) is 4.23. The Morgan fingerprint density at radius 1 is 1.38 bits per heavy atom. The molecule has 2 rings (SSSR count). The molecule has 0 aliphatic carbocycles. The Bertz CT molecular complexity index is 395. The standard InChI is InChI=1S/C13H17NO2/c1-10-8-12(14-6-2-3-7-14)5-4-11(10)9-13(15)16/h4-5,8H,2-3,6-7,9H2,1H3,(H,15,16). The number of carboxylic acid groups (broad SMARTS) is 1. The molecule has 0 spiro atoms. The van der Waals surface area contributed by atoms with Crippen LogP contribution >= 0.6 is 0 Å². The SMILES string of the molecule is Cc1cc(N2CCCC2)ccc1CC(=O)O. The lowest BCUT2D eigenvalue weighted by Crippen LogP contribution is -2.17. The van der Waals surface area contributed by atoms with Crippen molar-refractivity contribution in [2.45, 2.75) is 26.2 Å². The van der Waals surface area contributed by atoms with Crippen molar-refractivity contribution >= 4 is 11.7 Å². The molecule has 1 aromatic rings. The Kier molecular flexibility index (Phi) is 3.13. The van der Waals surface area contributed by atoms with Crippen LogP contribution in [0.2, 0.25) is 0 Å². The van der Waals surface area contributed by atoms with Crippen LogP contribution in [0.25, 0.3) is 0 Å². The first kappa shape index (κ1) is 11.0. The van der Waals surface area contributed by atoms with Gasteiger partial charge in [0, 0.05) is 18.8 Å². The van der Waals surface area contributed by atoms with Crippen molar-refractivity contribution < 1.29 is 9.90 Å². The number of rotatable bonds is 3. The summed E-state index contributed by atoms with van der Waals surface area (Å²) in [6, 6.07) is 6.08. The summed E-state index contributed by atoms with van der Waals surface area (Å²) in [7, 11) is 0. The zero-order valence-electron chi connectivity index (χ0n) is 9.57. The first-order valence-corrected chi connectivity index (χ1v) is 5.73. The van der Waals surface area contributed by atoms with Crippen LogP contribution in [0.15, 0.2) is 18.2 Å². The fraction of sp³-hybridized carbons (Fsp3) is 0.462. The molecule has 0 radical (unpaired) electrons. The summed E-state index contributed by atoms with van der Waals surface area (Å²) in [4.78, 5) is 13.0. The average Bonchev–Trinajstić information content (AvgIpc) is 2.73. The molecule has 1 fully saturated rings. The summed E-state index contributed by atoms with van der Waals surface area (Å²) in [5.74, 6) is -0.767. The van der Waals surface area contributed by atoms with E-state index in [1.54, 1.807) is 0 Å². The van der Waals surface area contributed by atoms with E-state index in [0.29, 0.717) is 0 Å². The van der Waals surface area contributed by atoms with E-state index in [9.17, 15) is 4.79 Å². The summed E-state index contributed by atoms with van der Waals surface area (Å²) >= 11 is 0. The number of aryl methyl sites for hydroxylation is 1. The molecule has 16 heavy (non-hydrogen) atoms.